The third kappa shape index (κ3) is 4.00. The number of hydrogen-bond acceptors (Lipinski definition) is 3. The molecule has 120 valence electrons. The maximum atomic E-state index is 6.08. The predicted octanol–water partition coefficient (Wildman–Crippen LogP) is 4.86. The number of nitrogens with zero attached hydrogens (tertiary/aromatic N) is 2. The minimum absolute atomic E-state index is 0.356. The molecule has 0 aliphatic rings. The van der Waals surface area contributed by atoms with Crippen molar-refractivity contribution in [2.75, 3.05) is 5.32 Å². The van der Waals surface area contributed by atoms with Crippen LogP contribution in [0.15, 0.2) is 59.8 Å². The number of para-hydroxylation sites is 1. The van der Waals surface area contributed by atoms with Gasteiger partial charge in [0.1, 0.15) is 0 Å². The monoisotopic (exact) mass is 374 g/mol. The Morgan fingerprint density at radius 3 is 2.79 bits per heavy atom. The lowest BCUT2D eigenvalue weighted by atomic mass is 10.2. The Hall–Kier alpha value is -2.21. The number of pyridine rings is 1. The van der Waals surface area contributed by atoms with Crippen LogP contribution >= 0.6 is 35.4 Å². The van der Waals surface area contributed by atoms with E-state index in [1.165, 1.54) is 0 Å². The molecule has 0 fully saturated rings. The first-order valence-corrected chi connectivity index (χ1v) is 8.19. The van der Waals surface area contributed by atoms with Gasteiger partial charge in [-0.3, -0.25) is 10.4 Å². The number of fused-ring (bicyclic) bond motifs is 1. The van der Waals surface area contributed by atoms with Crippen LogP contribution in [0.4, 0.5) is 5.69 Å². The molecule has 0 saturated carbocycles. The molecule has 24 heavy (non-hydrogen) atoms. The Morgan fingerprint density at radius 1 is 1.12 bits per heavy atom. The van der Waals surface area contributed by atoms with Crippen molar-refractivity contribution in [1.82, 2.24) is 10.4 Å². The zero-order valence-corrected chi connectivity index (χ0v) is 14.7. The Balaban J connectivity index is 1.68. The number of hydrazone groups is 1. The number of halogens is 2. The van der Waals surface area contributed by atoms with Gasteiger partial charge in [-0.1, -0.05) is 47.5 Å². The Kier molecular flexibility index (Phi) is 5.25. The highest BCUT2D eigenvalue weighted by Gasteiger charge is 2.03. The molecule has 3 aromatic rings. The summed E-state index contributed by atoms with van der Waals surface area (Å²) in [6, 6.07) is 14.9. The largest absolute Gasteiger partial charge is 0.330 e. The topological polar surface area (TPSA) is 49.3 Å². The molecule has 0 aliphatic heterocycles. The molecule has 0 bridgehead atoms. The Morgan fingerprint density at radius 2 is 1.96 bits per heavy atom. The molecule has 0 saturated heterocycles. The van der Waals surface area contributed by atoms with Crippen LogP contribution in [-0.2, 0) is 0 Å². The van der Waals surface area contributed by atoms with Crippen LogP contribution in [0.25, 0.3) is 10.9 Å². The molecular formula is C17H12Cl2N4S. The van der Waals surface area contributed by atoms with Gasteiger partial charge in [0.25, 0.3) is 0 Å². The highest BCUT2D eigenvalue weighted by molar-refractivity contribution is 7.80. The van der Waals surface area contributed by atoms with Crippen molar-refractivity contribution in [3.05, 3.63) is 70.3 Å². The number of aromatic nitrogens is 1. The van der Waals surface area contributed by atoms with E-state index in [1.54, 1.807) is 30.6 Å². The zero-order valence-electron chi connectivity index (χ0n) is 12.3. The fraction of sp³-hybridized carbons (Fsp3) is 0. The highest BCUT2D eigenvalue weighted by Crippen LogP contribution is 2.21. The lowest BCUT2D eigenvalue weighted by Gasteiger charge is -2.09. The van der Waals surface area contributed by atoms with Crippen molar-refractivity contribution in [1.29, 1.82) is 0 Å². The van der Waals surface area contributed by atoms with Gasteiger partial charge in [0.2, 0.25) is 0 Å². The van der Waals surface area contributed by atoms with Gasteiger partial charge in [0.15, 0.2) is 5.11 Å². The summed E-state index contributed by atoms with van der Waals surface area (Å²) in [7, 11) is 0. The van der Waals surface area contributed by atoms with Crippen LogP contribution in [0.2, 0.25) is 10.0 Å². The van der Waals surface area contributed by atoms with Crippen molar-refractivity contribution >= 4 is 63.3 Å². The Labute approximate surface area is 154 Å². The molecule has 1 heterocycles. The van der Waals surface area contributed by atoms with E-state index < -0.39 is 0 Å². The average Bonchev–Trinajstić information content (AvgIpc) is 2.57. The minimum Gasteiger partial charge on any atom is -0.330 e. The number of benzene rings is 2. The van der Waals surface area contributed by atoms with E-state index in [-0.39, 0.29) is 0 Å². The summed E-state index contributed by atoms with van der Waals surface area (Å²) in [4.78, 5) is 4.36. The second-order valence-electron chi connectivity index (χ2n) is 4.87. The molecule has 3 rings (SSSR count). The molecule has 0 radical (unpaired) electrons. The van der Waals surface area contributed by atoms with Crippen LogP contribution in [0.5, 0.6) is 0 Å². The quantitative estimate of drug-likeness (QED) is 0.390. The van der Waals surface area contributed by atoms with Crippen molar-refractivity contribution in [3.63, 3.8) is 0 Å². The summed E-state index contributed by atoms with van der Waals surface area (Å²) in [5.41, 5.74) is 5.15. The summed E-state index contributed by atoms with van der Waals surface area (Å²) in [5, 5.41) is 9.65. The first-order chi connectivity index (χ1) is 11.6. The summed E-state index contributed by atoms with van der Waals surface area (Å²) in [5.74, 6) is 0. The molecular weight excluding hydrogens is 363 g/mol. The van der Waals surface area contributed by atoms with Gasteiger partial charge in [-0.15, -0.1) is 0 Å². The molecule has 2 aromatic carbocycles. The van der Waals surface area contributed by atoms with E-state index in [2.05, 4.69) is 20.8 Å². The van der Waals surface area contributed by atoms with Crippen molar-refractivity contribution in [2.45, 2.75) is 0 Å². The van der Waals surface area contributed by atoms with E-state index in [0.29, 0.717) is 15.2 Å². The van der Waals surface area contributed by atoms with Crippen molar-refractivity contribution < 1.29 is 0 Å². The molecule has 4 nitrogen and oxygen atoms in total. The SMILES string of the molecule is S=C(NN=Cc1ccc(Cl)cc1Cl)Nc1cccc2cccnc12. The highest BCUT2D eigenvalue weighted by atomic mass is 35.5. The average molecular weight is 375 g/mol. The van der Waals surface area contributed by atoms with Crippen LogP contribution in [-0.4, -0.2) is 16.3 Å². The molecule has 0 spiro atoms. The van der Waals surface area contributed by atoms with Gasteiger partial charge >= 0.3 is 0 Å². The summed E-state index contributed by atoms with van der Waals surface area (Å²) in [6.45, 7) is 0. The molecule has 2 N–H and O–H groups in total. The van der Waals surface area contributed by atoms with E-state index in [0.717, 1.165) is 22.2 Å². The Bertz CT molecular complexity index is 922. The lowest BCUT2D eigenvalue weighted by molar-refractivity contribution is 1.05. The normalized spacial score (nSPS) is 10.9. The standard InChI is InChI=1S/C17H12Cl2N4S/c18-13-7-6-12(14(19)9-13)10-21-23-17(24)22-15-5-1-3-11-4-2-8-20-16(11)15/h1-10H,(H2,22,23,24). The van der Waals surface area contributed by atoms with E-state index >= 15 is 0 Å². The maximum Gasteiger partial charge on any atom is 0.191 e. The predicted molar refractivity (Wildman–Crippen MR) is 105 cm³/mol. The molecule has 0 atom stereocenters. The van der Waals surface area contributed by atoms with Gasteiger partial charge in [-0.2, -0.15) is 5.10 Å². The van der Waals surface area contributed by atoms with Crippen LogP contribution < -0.4 is 10.7 Å². The lowest BCUT2D eigenvalue weighted by Crippen LogP contribution is -2.24. The van der Waals surface area contributed by atoms with Gasteiger partial charge in [-0.05, 0) is 36.5 Å². The maximum absolute atomic E-state index is 6.08. The van der Waals surface area contributed by atoms with Crippen molar-refractivity contribution in [3.8, 4) is 0 Å². The van der Waals surface area contributed by atoms with E-state index in [4.69, 9.17) is 35.4 Å². The minimum atomic E-state index is 0.356. The summed E-state index contributed by atoms with van der Waals surface area (Å²) >= 11 is 17.2. The van der Waals surface area contributed by atoms with Gasteiger partial charge in [0, 0.05) is 22.2 Å². The van der Waals surface area contributed by atoms with E-state index in [1.807, 2.05) is 30.3 Å². The van der Waals surface area contributed by atoms with Crippen molar-refractivity contribution in [2.24, 2.45) is 5.10 Å². The number of nitrogens with one attached hydrogen (secondary N) is 2. The molecule has 1 aromatic heterocycles. The van der Waals surface area contributed by atoms with E-state index in [9.17, 15) is 0 Å². The number of thiocarbonyl (C=S) groups is 1. The number of hydrogen-bond donors (Lipinski definition) is 2. The van der Waals surface area contributed by atoms with Crippen LogP contribution in [0.1, 0.15) is 5.56 Å². The second kappa shape index (κ2) is 7.57. The van der Waals surface area contributed by atoms with Gasteiger partial charge in [0.05, 0.1) is 22.4 Å². The van der Waals surface area contributed by atoms with Crippen LogP contribution in [0, 0.1) is 0 Å². The number of rotatable bonds is 3. The third-order valence-electron chi connectivity index (χ3n) is 3.21. The first-order valence-electron chi connectivity index (χ1n) is 7.02. The summed E-state index contributed by atoms with van der Waals surface area (Å²) in [6.07, 6.45) is 3.32. The number of anilines is 1. The molecule has 7 heteroatoms. The zero-order chi connectivity index (χ0) is 16.9. The second-order valence-corrected chi connectivity index (χ2v) is 6.12. The first kappa shape index (κ1) is 16.6. The molecule has 0 amide bonds. The third-order valence-corrected chi connectivity index (χ3v) is 3.97. The smallest absolute Gasteiger partial charge is 0.191 e. The fourth-order valence-electron chi connectivity index (χ4n) is 2.12. The van der Waals surface area contributed by atoms with Crippen LogP contribution in [0.3, 0.4) is 0 Å². The molecule has 0 aliphatic carbocycles. The molecule has 0 unspecified atom stereocenters. The summed E-state index contributed by atoms with van der Waals surface area (Å²) < 4.78 is 0. The fourth-order valence-corrected chi connectivity index (χ4v) is 2.74. The van der Waals surface area contributed by atoms with Gasteiger partial charge in [-0.25, -0.2) is 0 Å². The van der Waals surface area contributed by atoms with Gasteiger partial charge < -0.3 is 5.32 Å².